The number of rotatable bonds is 6. The Hall–Kier alpha value is -1.88. The van der Waals surface area contributed by atoms with Crippen LogP contribution in [-0.2, 0) is 6.54 Å². The zero-order chi connectivity index (χ0) is 12.8. The van der Waals surface area contributed by atoms with E-state index >= 15 is 0 Å². The van der Waals surface area contributed by atoms with Crippen molar-refractivity contribution in [2.45, 2.75) is 19.5 Å². The molecular formula is C13H18N4O. The van der Waals surface area contributed by atoms with Crippen molar-refractivity contribution in [2.24, 2.45) is 0 Å². The van der Waals surface area contributed by atoms with Crippen LogP contribution in [0.1, 0.15) is 18.5 Å². The van der Waals surface area contributed by atoms with Crippen LogP contribution in [0.15, 0.2) is 36.9 Å². The van der Waals surface area contributed by atoms with Crippen LogP contribution in [0.25, 0.3) is 0 Å². The van der Waals surface area contributed by atoms with Crippen molar-refractivity contribution < 1.29 is 4.74 Å². The van der Waals surface area contributed by atoms with E-state index in [0.717, 1.165) is 17.9 Å². The maximum atomic E-state index is 5.65. The molecule has 1 atom stereocenters. The van der Waals surface area contributed by atoms with Crippen LogP contribution in [0.4, 0.5) is 0 Å². The van der Waals surface area contributed by atoms with Gasteiger partial charge in [0.1, 0.15) is 18.4 Å². The molecule has 5 heteroatoms. The van der Waals surface area contributed by atoms with Crippen molar-refractivity contribution >= 4 is 0 Å². The molecule has 0 saturated heterocycles. The summed E-state index contributed by atoms with van der Waals surface area (Å²) in [6, 6.07) is 8.21. The molecular weight excluding hydrogens is 228 g/mol. The van der Waals surface area contributed by atoms with Crippen molar-refractivity contribution in [1.29, 1.82) is 0 Å². The number of ether oxygens (including phenoxy) is 1. The molecule has 0 spiro atoms. The Morgan fingerprint density at radius 2 is 2.22 bits per heavy atom. The Kier molecular flexibility index (Phi) is 4.30. The van der Waals surface area contributed by atoms with Crippen LogP contribution in [0.3, 0.4) is 0 Å². The van der Waals surface area contributed by atoms with Crippen molar-refractivity contribution in [3.05, 3.63) is 42.5 Å². The summed E-state index contributed by atoms with van der Waals surface area (Å²) in [5, 5.41) is 7.42. The molecule has 1 heterocycles. The maximum Gasteiger partial charge on any atom is 0.137 e. The molecule has 0 aliphatic heterocycles. The van der Waals surface area contributed by atoms with Gasteiger partial charge in [0.15, 0.2) is 0 Å². The van der Waals surface area contributed by atoms with E-state index in [4.69, 9.17) is 4.74 Å². The molecule has 0 bridgehead atoms. The van der Waals surface area contributed by atoms with E-state index in [1.165, 1.54) is 0 Å². The van der Waals surface area contributed by atoms with Gasteiger partial charge in [-0.1, -0.05) is 18.2 Å². The van der Waals surface area contributed by atoms with Gasteiger partial charge in [0.2, 0.25) is 0 Å². The Morgan fingerprint density at radius 3 is 2.89 bits per heavy atom. The van der Waals surface area contributed by atoms with Crippen molar-refractivity contribution in [3.63, 3.8) is 0 Å². The third kappa shape index (κ3) is 2.87. The molecule has 96 valence electrons. The Labute approximate surface area is 107 Å². The lowest BCUT2D eigenvalue weighted by Gasteiger charge is -2.19. The second kappa shape index (κ2) is 6.16. The first-order valence-corrected chi connectivity index (χ1v) is 6.06. The van der Waals surface area contributed by atoms with Crippen molar-refractivity contribution in [2.75, 3.05) is 13.7 Å². The van der Waals surface area contributed by atoms with Crippen LogP contribution in [0, 0.1) is 0 Å². The first-order valence-electron chi connectivity index (χ1n) is 6.06. The van der Waals surface area contributed by atoms with Gasteiger partial charge in [0.25, 0.3) is 0 Å². The zero-order valence-electron chi connectivity index (χ0n) is 10.7. The standard InChI is InChI=1S/C13H18N4O/c1-3-18-13-7-5-4-6-11(13)12(14-2)8-17-10-15-9-16-17/h4-7,9-10,12,14H,3,8H2,1-2H3. The van der Waals surface area contributed by atoms with Crippen LogP contribution < -0.4 is 10.1 Å². The summed E-state index contributed by atoms with van der Waals surface area (Å²) >= 11 is 0. The largest absolute Gasteiger partial charge is 0.494 e. The summed E-state index contributed by atoms with van der Waals surface area (Å²) in [5.41, 5.74) is 1.14. The minimum Gasteiger partial charge on any atom is -0.494 e. The van der Waals surface area contributed by atoms with Gasteiger partial charge in [-0.3, -0.25) is 4.68 Å². The second-order valence-electron chi connectivity index (χ2n) is 3.93. The van der Waals surface area contributed by atoms with E-state index in [-0.39, 0.29) is 6.04 Å². The molecule has 5 nitrogen and oxygen atoms in total. The fourth-order valence-electron chi connectivity index (χ4n) is 1.91. The fraction of sp³-hybridized carbons (Fsp3) is 0.385. The van der Waals surface area contributed by atoms with Crippen molar-refractivity contribution in [1.82, 2.24) is 20.1 Å². The lowest BCUT2D eigenvalue weighted by molar-refractivity contribution is 0.328. The van der Waals surface area contributed by atoms with Gasteiger partial charge < -0.3 is 10.1 Å². The smallest absolute Gasteiger partial charge is 0.137 e. The molecule has 0 amide bonds. The minimum absolute atomic E-state index is 0.148. The van der Waals surface area contributed by atoms with Crippen LogP contribution in [0.5, 0.6) is 5.75 Å². The summed E-state index contributed by atoms with van der Waals surface area (Å²) in [6.07, 6.45) is 3.26. The average Bonchev–Trinajstić information content (AvgIpc) is 2.90. The Balaban J connectivity index is 2.21. The molecule has 1 aromatic carbocycles. The molecule has 2 aromatic rings. The van der Waals surface area contributed by atoms with E-state index in [1.807, 2.05) is 36.9 Å². The van der Waals surface area contributed by atoms with E-state index < -0.39 is 0 Å². The van der Waals surface area contributed by atoms with Crippen LogP contribution >= 0.6 is 0 Å². The summed E-state index contributed by atoms with van der Waals surface area (Å²) < 4.78 is 7.46. The fourth-order valence-corrected chi connectivity index (χ4v) is 1.91. The molecule has 0 fully saturated rings. The van der Waals surface area contributed by atoms with E-state index in [2.05, 4.69) is 21.5 Å². The predicted octanol–water partition coefficient (Wildman–Crippen LogP) is 1.64. The third-order valence-electron chi connectivity index (χ3n) is 2.78. The van der Waals surface area contributed by atoms with E-state index in [9.17, 15) is 0 Å². The van der Waals surface area contributed by atoms with Gasteiger partial charge in [-0.05, 0) is 20.0 Å². The molecule has 0 radical (unpaired) electrons. The summed E-state index contributed by atoms with van der Waals surface area (Å²) in [5.74, 6) is 0.916. The third-order valence-corrected chi connectivity index (χ3v) is 2.78. The highest BCUT2D eigenvalue weighted by Gasteiger charge is 2.14. The highest BCUT2D eigenvalue weighted by atomic mass is 16.5. The molecule has 0 saturated carbocycles. The molecule has 0 aliphatic carbocycles. The molecule has 1 unspecified atom stereocenters. The average molecular weight is 246 g/mol. The lowest BCUT2D eigenvalue weighted by Crippen LogP contribution is -2.23. The summed E-state index contributed by atoms with van der Waals surface area (Å²) in [7, 11) is 1.93. The van der Waals surface area contributed by atoms with Crippen LogP contribution in [-0.4, -0.2) is 28.4 Å². The van der Waals surface area contributed by atoms with E-state index in [0.29, 0.717) is 6.61 Å². The highest BCUT2D eigenvalue weighted by molar-refractivity contribution is 5.35. The molecule has 2 rings (SSSR count). The minimum atomic E-state index is 0.148. The van der Waals surface area contributed by atoms with Gasteiger partial charge in [-0.15, -0.1) is 0 Å². The molecule has 18 heavy (non-hydrogen) atoms. The van der Waals surface area contributed by atoms with Gasteiger partial charge in [0, 0.05) is 5.56 Å². The summed E-state index contributed by atoms with van der Waals surface area (Å²) in [6.45, 7) is 3.37. The molecule has 1 N–H and O–H groups in total. The second-order valence-corrected chi connectivity index (χ2v) is 3.93. The monoisotopic (exact) mass is 246 g/mol. The number of nitrogens with one attached hydrogen (secondary N) is 1. The number of hydrogen-bond acceptors (Lipinski definition) is 4. The molecule has 1 aromatic heterocycles. The molecule has 0 aliphatic rings. The first kappa shape index (κ1) is 12.6. The Morgan fingerprint density at radius 1 is 1.39 bits per heavy atom. The SMILES string of the molecule is CCOc1ccccc1C(Cn1cncn1)NC. The number of nitrogens with zero attached hydrogens (tertiary/aromatic N) is 3. The number of benzene rings is 1. The zero-order valence-corrected chi connectivity index (χ0v) is 10.7. The number of hydrogen-bond donors (Lipinski definition) is 1. The van der Waals surface area contributed by atoms with Gasteiger partial charge in [-0.2, -0.15) is 5.10 Å². The van der Waals surface area contributed by atoms with Crippen LogP contribution in [0.2, 0.25) is 0 Å². The topological polar surface area (TPSA) is 52.0 Å². The number of para-hydroxylation sites is 1. The van der Waals surface area contributed by atoms with Gasteiger partial charge in [0.05, 0.1) is 19.2 Å². The Bertz CT molecular complexity index is 470. The quantitative estimate of drug-likeness (QED) is 0.842. The number of aromatic nitrogens is 3. The summed E-state index contributed by atoms with van der Waals surface area (Å²) in [4.78, 5) is 3.95. The highest BCUT2D eigenvalue weighted by Crippen LogP contribution is 2.25. The van der Waals surface area contributed by atoms with Crippen molar-refractivity contribution in [3.8, 4) is 5.75 Å². The maximum absolute atomic E-state index is 5.65. The van der Waals surface area contributed by atoms with Gasteiger partial charge >= 0.3 is 0 Å². The van der Waals surface area contributed by atoms with E-state index in [1.54, 1.807) is 12.7 Å². The number of likely N-dealkylation sites (N-methyl/N-ethyl adjacent to an activating group) is 1. The lowest BCUT2D eigenvalue weighted by atomic mass is 10.1. The normalized spacial score (nSPS) is 12.3. The van der Waals surface area contributed by atoms with Gasteiger partial charge in [-0.25, -0.2) is 4.98 Å². The first-order chi connectivity index (χ1) is 8.85. The predicted molar refractivity (Wildman–Crippen MR) is 69.4 cm³/mol.